The van der Waals surface area contributed by atoms with Crippen molar-refractivity contribution in [2.24, 2.45) is 0 Å². The van der Waals surface area contributed by atoms with Crippen LogP contribution in [0.25, 0.3) is 5.57 Å². The second-order valence-corrected chi connectivity index (χ2v) is 8.09. The van der Waals surface area contributed by atoms with Crippen LogP contribution in [0.1, 0.15) is 38.7 Å². The lowest BCUT2D eigenvalue weighted by atomic mass is 9.90. The summed E-state index contributed by atoms with van der Waals surface area (Å²) in [5.41, 5.74) is 1.98. The van der Waals surface area contributed by atoms with E-state index in [0.717, 1.165) is 30.4 Å². The van der Waals surface area contributed by atoms with Gasteiger partial charge in [0.1, 0.15) is 11.8 Å². The van der Waals surface area contributed by atoms with E-state index in [1.807, 2.05) is 18.2 Å². The Morgan fingerprint density at radius 1 is 1.35 bits per heavy atom. The van der Waals surface area contributed by atoms with Crippen LogP contribution in [0, 0.1) is 11.3 Å². The molecular weight excluding hydrogens is 312 g/mol. The van der Waals surface area contributed by atoms with Gasteiger partial charge in [0.2, 0.25) is 10.0 Å². The van der Waals surface area contributed by atoms with Gasteiger partial charge < -0.3 is 4.74 Å². The summed E-state index contributed by atoms with van der Waals surface area (Å²) in [6, 6.07) is 9.14. The highest BCUT2D eigenvalue weighted by molar-refractivity contribution is 7.90. The Kier molecular flexibility index (Phi) is 5.80. The smallest absolute Gasteiger partial charge is 0.214 e. The standard InChI is InChI=1S/C17H22N2O3S/c1-13(2)23(20,21)19-17-6-4-3-5-16(17)14-7-9-15(10-8-14)22-12-11-18/h5,7-10,13,17,19H,3-4,6,12H2,1-2H3. The number of nitrogens with zero attached hydrogens (tertiary/aromatic N) is 1. The second kappa shape index (κ2) is 7.62. The molecule has 5 nitrogen and oxygen atoms in total. The van der Waals surface area contributed by atoms with Gasteiger partial charge in [-0.3, -0.25) is 0 Å². The first-order valence-electron chi connectivity index (χ1n) is 7.75. The minimum atomic E-state index is -3.31. The number of nitriles is 1. The zero-order valence-electron chi connectivity index (χ0n) is 13.5. The van der Waals surface area contributed by atoms with Crippen LogP contribution in [-0.4, -0.2) is 26.3 Å². The number of benzene rings is 1. The molecule has 0 saturated carbocycles. The van der Waals surface area contributed by atoms with Crippen molar-refractivity contribution in [1.82, 2.24) is 4.72 Å². The highest BCUT2D eigenvalue weighted by Crippen LogP contribution is 2.29. The summed E-state index contributed by atoms with van der Waals surface area (Å²) in [4.78, 5) is 0. The Balaban J connectivity index is 2.19. The van der Waals surface area contributed by atoms with E-state index in [9.17, 15) is 8.42 Å². The maximum atomic E-state index is 12.2. The molecule has 0 fully saturated rings. The summed E-state index contributed by atoms with van der Waals surface area (Å²) in [6.07, 6.45) is 4.81. The number of nitrogens with one attached hydrogen (secondary N) is 1. The first kappa shape index (κ1) is 17.5. The Bertz CT molecular complexity index is 700. The van der Waals surface area contributed by atoms with E-state index < -0.39 is 15.3 Å². The number of hydrogen-bond acceptors (Lipinski definition) is 4. The summed E-state index contributed by atoms with van der Waals surface area (Å²) in [6.45, 7) is 3.37. The van der Waals surface area contributed by atoms with E-state index >= 15 is 0 Å². The second-order valence-electron chi connectivity index (χ2n) is 5.83. The van der Waals surface area contributed by atoms with Crippen molar-refractivity contribution < 1.29 is 13.2 Å². The zero-order valence-corrected chi connectivity index (χ0v) is 14.3. The predicted octanol–water partition coefficient (Wildman–Crippen LogP) is 2.85. The third-order valence-corrected chi connectivity index (χ3v) is 5.71. The minimum Gasteiger partial charge on any atom is -0.479 e. The van der Waals surface area contributed by atoms with Gasteiger partial charge in [-0.05, 0) is 56.4 Å². The number of hydrogen-bond donors (Lipinski definition) is 1. The van der Waals surface area contributed by atoms with Crippen molar-refractivity contribution >= 4 is 15.6 Å². The van der Waals surface area contributed by atoms with Crippen molar-refractivity contribution in [2.45, 2.75) is 44.4 Å². The predicted molar refractivity (Wildman–Crippen MR) is 90.4 cm³/mol. The zero-order chi connectivity index (χ0) is 16.9. The van der Waals surface area contributed by atoms with Gasteiger partial charge in [0, 0.05) is 6.04 Å². The fraction of sp³-hybridized carbons (Fsp3) is 0.471. The Morgan fingerprint density at radius 2 is 2.04 bits per heavy atom. The molecule has 0 amide bonds. The van der Waals surface area contributed by atoms with Crippen molar-refractivity contribution in [1.29, 1.82) is 5.26 Å². The van der Waals surface area contributed by atoms with E-state index in [2.05, 4.69) is 10.8 Å². The number of ether oxygens (including phenoxy) is 1. The molecule has 0 radical (unpaired) electrons. The lowest BCUT2D eigenvalue weighted by Crippen LogP contribution is -2.40. The Morgan fingerprint density at radius 3 is 2.65 bits per heavy atom. The van der Waals surface area contributed by atoms with Gasteiger partial charge in [-0.15, -0.1) is 0 Å². The van der Waals surface area contributed by atoms with Gasteiger partial charge >= 0.3 is 0 Å². The normalized spacial score (nSPS) is 18.3. The number of rotatable bonds is 6. The number of sulfonamides is 1. The van der Waals surface area contributed by atoms with Crippen molar-refractivity contribution in [2.75, 3.05) is 6.61 Å². The minimum absolute atomic E-state index is 0.0128. The molecule has 0 bridgehead atoms. The van der Waals surface area contributed by atoms with E-state index in [1.54, 1.807) is 26.0 Å². The Hall–Kier alpha value is -1.84. The molecule has 0 heterocycles. The van der Waals surface area contributed by atoms with Gasteiger partial charge in [-0.25, -0.2) is 13.1 Å². The maximum absolute atomic E-state index is 12.2. The van der Waals surface area contributed by atoms with Crippen molar-refractivity contribution in [3.63, 3.8) is 0 Å². The van der Waals surface area contributed by atoms with Crippen LogP contribution in [0.4, 0.5) is 0 Å². The van der Waals surface area contributed by atoms with Gasteiger partial charge in [-0.2, -0.15) is 5.26 Å². The van der Waals surface area contributed by atoms with Crippen LogP contribution in [0.5, 0.6) is 5.75 Å². The molecule has 1 N–H and O–H groups in total. The van der Waals surface area contributed by atoms with Crippen LogP contribution >= 0.6 is 0 Å². The molecule has 1 aliphatic carbocycles. The van der Waals surface area contributed by atoms with Crippen LogP contribution in [0.2, 0.25) is 0 Å². The average molecular weight is 334 g/mol. The molecule has 124 valence electrons. The molecule has 23 heavy (non-hydrogen) atoms. The third-order valence-electron chi connectivity index (χ3n) is 3.85. The molecule has 0 spiro atoms. The molecule has 6 heteroatoms. The Labute approximate surface area is 138 Å². The topological polar surface area (TPSA) is 79.2 Å². The molecule has 1 unspecified atom stereocenters. The molecule has 0 saturated heterocycles. The number of allylic oxidation sites excluding steroid dienone is 1. The molecule has 1 aliphatic rings. The van der Waals surface area contributed by atoms with Crippen LogP contribution < -0.4 is 9.46 Å². The lowest BCUT2D eigenvalue weighted by molar-refractivity contribution is 0.368. The van der Waals surface area contributed by atoms with Crippen molar-refractivity contribution in [3.05, 3.63) is 35.9 Å². The highest BCUT2D eigenvalue weighted by Gasteiger charge is 2.26. The maximum Gasteiger partial charge on any atom is 0.214 e. The lowest BCUT2D eigenvalue weighted by Gasteiger charge is -2.26. The van der Waals surface area contributed by atoms with Gasteiger partial charge in [0.25, 0.3) is 0 Å². The first-order valence-corrected chi connectivity index (χ1v) is 9.30. The summed E-state index contributed by atoms with van der Waals surface area (Å²) < 4.78 is 32.4. The van der Waals surface area contributed by atoms with E-state index in [4.69, 9.17) is 10.00 Å². The highest BCUT2D eigenvalue weighted by atomic mass is 32.2. The molecule has 1 aromatic rings. The fourth-order valence-electron chi connectivity index (χ4n) is 2.51. The molecule has 1 atom stereocenters. The van der Waals surface area contributed by atoms with Crippen LogP contribution in [-0.2, 0) is 10.0 Å². The fourth-order valence-corrected chi connectivity index (χ4v) is 3.43. The molecular formula is C17H22N2O3S. The van der Waals surface area contributed by atoms with E-state index in [-0.39, 0.29) is 12.6 Å². The summed E-state index contributed by atoms with van der Waals surface area (Å²) in [5.74, 6) is 0.631. The summed E-state index contributed by atoms with van der Waals surface area (Å²) in [5, 5.41) is 8.07. The van der Waals surface area contributed by atoms with Crippen LogP contribution in [0.15, 0.2) is 30.3 Å². The van der Waals surface area contributed by atoms with Gasteiger partial charge in [-0.1, -0.05) is 18.2 Å². The first-order chi connectivity index (χ1) is 10.9. The molecule has 2 rings (SSSR count). The average Bonchev–Trinajstić information content (AvgIpc) is 2.53. The monoisotopic (exact) mass is 334 g/mol. The summed E-state index contributed by atoms with van der Waals surface area (Å²) in [7, 11) is -3.31. The van der Waals surface area contributed by atoms with Gasteiger partial charge in [0.15, 0.2) is 6.61 Å². The van der Waals surface area contributed by atoms with E-state index in [0.29, 0.717) is 5.75 Å². The molecule has 1 aromatic carbocycles. The molecule has 0 aliphatic heterocycles. The molecule has 0 aromatic heterocycles. The van der Waals surface area contributed by atoms with Crippen LogP contribution in [0.3, 0.4) is 0 Å². The largest absolute Gasteiger partial charge is 0.479 e. The quantitative estimate of drug-likeness (QED) is 0.867. The summed E-state index contributed by atoms with van der Waals surface area (Å²) >= 11 is 0. The van der Waals surface area contributed by atoms with Crippen molar-refractivity contribution in [3.8, 4) is 11.8 Å². The van der Waals surface area contributed by atoms with E-state index in [1.165, 1.54) is 0 Å². The SMILES string of the molecule is CC(C)S(=O)(=O)NC1CCCC=C1c1ccc(OCC#N)cc1. The third kappa shape index (κ3) is 4.57. The van der Waals surface area contributed by atoms with Gasteiger partial charge in [0.05, 0.1) is 5.25 Å².